The summed E-state index contributed by atoms with van der Waals surface area (Å²) in [5, 5.41) is 14.5. The van der Waals surface area contributed by atoms with Gasteiger partial charge in [0.2, 0.25) is 5.91 Å². The van der Waals surface area contributed by atoms with Crippen molar-refractivity contribution in [2.24, 2.45) is 0 Å². The van der Waals surface area contributed by atoms with E-state index in [0.717, 1.165) is 16.7 Å². The first-order chi connectivity index (χ1) is 16.9. The average molecular weight is 477 g/mol. The van der Waals surface area contributed by atoms with E-state index in [1.165, 1.54) is 14.2 Å². The zero-order chi connectivity index (χ0) is 25.2. The molecule has 35 heavy (non-hydrogen) atoms. The number of rotatable bonds is 11. The number of nitrogens with one attached hydrogen (secondary N) is 2. The second-order valence-electron chi connectivity index (χ2n) is 7.84. The molecule has 0 unspecified atom stereocenters. The molecule has 1 atom stereocenters. The van der Waals surface area contributed by atoms with Gasteiger partial charge in [0.25, 0.3) is 5.91 Å². The second-order valence-corrected chi connectivity index (χ2v) is 7.84. The van der Waals surface area contributed by atoms with Crippen molar-refractivity contribution in [1.29, 1.82) is 0 Å². The molecule has 0 saturated carbocycles. The van der Waals surface area contributed by atoms with Gasteiger partial charge in [0.15, 0.2) is 0 Å². The standard InChI is InChI=1S/C27H28N2O6/c1-34-22-14-18(15-23(16-22)35-2)17-28-27(33)24(12-13-25(30)31)29-26(32)21-10-8-20(9-11-21)19-6-4-3-5-7-19/h3-11,14-16,24H,12-13,17H2,1-2H3,(H,28,33)(H,29,32)(H,30,31)/t24-/m0/s1. The SMILES string of the molecule is COc1cc(CNC(=O)[C@H](CCC(=O)O)NC(=O)c2ccc(-c3ccccc3)cc2)cc(OC)c1. The van der Waals surface area contributed by atoms with Crippen LogP contribution in [0.4, 0.5) is 0 Å². The number of hydrogen-bond donors (Lipinski definition) is 3. The topological polar surface area (TPSA) is 114 Å². The Bertz CT molecular complexity index is 1140. The molecule has 0 aliphatic heterocycles. The first kappa shape index (κ1) is 25.3. The van der Waals surface area contributed by atoms with Crippen LogP contribution in [0.3, 0.4) is 0 Å². The first-order valence-corrected chi connectivity index (χ1v) is 11.1. The molecule has 3 aromatic rings. The van der Waals surface area contributed by atoms with E-state index in [1.807, 2.05) is 42.5 Å². The van der Waals surface area contributed by atoms with Crippen LogP contribution in [0.1, 0.15) is 28.8 Å². The lowest BCUT2D eigenvalue weighted by Gasteiger charge is -2.18. The number of carbonyl (C=O) groups is 3. The lowest BCUT2D eigenvalue weighted by atomic mass is 10.0. The van der Waals surface area contributed by atoms with Gasteiger partial charge in [0.1, 0.15) is 17.5 Å². The summed E-state index contributed by atoms with van der Waals surface area (Å²) in [4.78, 5) is 36.8. The maximum atomic E-state index is 12.9. The second kappa shape index (κ2) is 12.2. The highest BCUT2D eigenvalue weighted by molar-refractivity contribution is 5.98. The molecular weight excluding hydrogens is 448 g/mol. The number of carboxylic acids is 1. The number of ether oxygens (including phenoxy) is 2. The quantitative estimate of drug-likeness (QED) is 0.389. The number of carboxylic acid groups (broad SMARTS) is 1. The highest BCUT2D eigenvalue weighted by atomic mass is 16.5. The van der Waals surface area contributed by atoms with Gasteiger partial charge in [-0.1, -0.05) is 42.5 Å². The molecule has 8 heteroatoms. The minimum absolute atomic E-state index is 0.0452. The molecule has 0 saturated heterocycles. The summed E-state index contributed by atoms with van der Waals surface area (Å²) in [6, 6.07) is 20.9. The van der Waals surface area contributed by atoms with Crippen molar-refractivity contribution < 1.29 is 29.0 Å². The molecule has 0 aliphatic rings. The van der Waals surface area contributed by atoms with Crippen LogP contribution in [0.15, 0.2) is 72.8 Å². The molecule has 3 aromatic carbocycles. The lowest BCUT2D eigenvalue weighted by Crippen LogP contribution is -2.46. The van der Waals surface area contributed by atoms with E-state index < -0.39 is 23.8 Å². The van der Waals surface area contributed by atoms with Crippen LogP contribution < -0.4 is 20.1 Å². The van der Waals surface area contributed by atoms with Gasteiger partial charge >= 0.3 is 5.97 Å². The van der Waals surface area contributed by atoms with Crippen LogP contribution in [0, 0.1) is 0 Å². The van der Waals surface area contributed by atoms with Crippen molar-refractivity contribution in [3.8, 4) is 22.6 Å². The molecule has 2 amide bonds. The fraction of sp³-hybridized carbons (Fsp3) is 0.222. The van der Waals surface area contributed by atoms with Gasteiger partial charge < -0.3 is 25.2 Å². The smallest absolute Gasteiger partial charge is 0.303 e. The Hall–Kier alpha value is -4.33. The largest absolute Gasteiger partial charge is 0.497 e. The van der Waals surface area contributed by atoms with E-state index in [-0.39, 0.29) is 19.4 Å². The molecule has 0 spiro atoms. The molecule has 0 aliphatic carbocycles. The normalized spacial score (nSPS) is 11.3. The predicted octanol–water partition coefficient (Wildman–Crippen LogP) is 3.65. The Balaban J connectivity index is 1.68. The molecular formula is C27H28N2O6. The maximum absolute atomic E-state index is 12.9. The summed E-state index contributed by atoms with van der Waals surface area (Å²) in [5.74, 6) is -0.853. The molecule has 3 N–H and O–H groups in total. The van der Waals surface area contributed by atoms with Crippen LogP contribution in [0.25, 0.3) is 11.1 Å². The molecule has 0 heterocycles. The summed E-state index contributed by atoms with van der Waals surface area (Å²) in [6.07, 6.45) is -0.311. The van der Waals surface area contributed by atoms with Crippen LogP contribution >= 0.6 is 0 Å². The first-order valence-electron chi connectivity index (χ1n) is 11.1. The number of amides is 2. The molecule has 0 aromatic heterocycles. The van der Waals surface area contributed by atoms with Gasteiger partial charge in [-0.05, 0) is 47.4 Å². The predicted molar refractivity (Wildman–Crippen MR) is 131 cm³/mol. The molecule has 0 radical (unpaired) electrons. The van der Waals surface area contributed by atoms with Gasteiger partial charge in [-0.25, -0.2) is 0 Å². The van der Waals surface area contributed by atoms with Gasteiger partial charge in [0.05, 0.1) is 14.2 Å². The van der Waals surface area contributed by atoms with E-state index in [0.29, 0.717) is 17.1 Å². The Labute approximate surface area is 203 Å². The van der Waals surface area contributed by atoms with Gasteiger partial charge in [-0.2, -0.15) is 0 Å². The zero-order valence-corrected chi connectivity index (χ0v) is 19.6. The summed E-state index contributed by atoms with van der Waals surface area (Å²) in [7, 11) is 3.06. The maximum Gasteiger partial charge on any atom is 0.303 e. The Morgan fingerprint density at radius 3 is 2.03 bits per heavy atom. The van der Waals surface area contributed by atoms with Crippen LogP contribution in [0.2, 0.25) is 0 Å². The van der Waals surface area contributed by atoms with Crippen molar-refractivity contribution in [1.82, 2.24) is 10.6 Å². The highest BCUT2D eigenvalue weighted by Gasteiger charge is 2.22. The van der Waals surface area contributed by atoms with Crippen molar-refractivity contribution in [3.05, 3.63) is 83.9 Å². The molecule has 0 bridgehead atoms. The van der Waals surface area contributed by atoms with Gasteiger partial charge in [-0.3, -0.25) is 14.4 Å². The molecule has 0 fully saturated rings. The molecule has 182 valence electrons. The van der Waals surface area contributed by atoms with Crippen molar-refractivity contribution in [3.63, 3.8) is 0 Å². The Kier molecular flexibility index (Phi) is 8.83. The number of methoxy groups -OCH3 is 2. The number of carbonyl (C=O) groups excluding carboxylic acids is 2. The van der Waals surface area contributed by atoms with E-state index in [9.17, 15) is 14.4 Å². The molecule has 3 rings (SSSR count). The van der Waals surface area contributed by atoms with E-state index in [4.69, 9.17) is 14.6 Å². The van der Waals surface area contributed by atoms with Crippen LogP contribution in [0.5, 0.6) is 11.5 Å². The average Bonchev–Trinajstić information content (AvgIpc) is 2.89. The summed E-state index contributed by atoms with van der Waals surface area (Å²) in [6.45, 7) is 0.150. The highest BCUT2D eigenvalue weighted by Crippen LogP contribution is 2.22. The number of aliphatic carboxylic acids is 1. The third-order valence-electron chi connectivity index (χ3n) is 5.40. The number of benzene rings is 3. The lowest BCUT2D eigenvalue weighted by molar-refractivity contribution is -0.137. The van der Waals surface area contributed by atoms with Gasteiger partial charge in [0, 0.05) is 24.6 Å². The fourth-order valence-electron chi connectivity index (χ4n) is 3.50. The zero-order valence-electron chi connectivity index (χ0n) is 19.6. The van der Waals surface area contributed by atoms with Crippen molar-refractivity contribution in [2.45, 2.75) is 25.4 Å². The third-order valence-corrected chi connectivity index (χ3v) is 5.40. The summed E-state index contributed by atoms with van der Waals surface area (Å²) in [5.41, 5.74) is 3.08. The third kappa shape index (κ3) is 7.33. The van der Waals surface area contributed by atoms with E-state index in [1.54, 1.807) is 30.3 Å². The Morgan fingerprint density at radius 2 is 1.46 bits per heavy atom. The van der Waals surface area contributed by atoms with E-state index >= 15 is 0 Å². The number of hydrogen-bond acceptors (Lipinski definition) is 5. The summed E-state index contributed by atoms with van der Waals surface area (Å²) >= 11 is 0. The monoisotopic (exact) mass is 476 g/mol. The van der Waals surface area contributed by atoms with E-state index in [2.05, 4.69) is 10.6 Å². The minimum atomic E-state index is -1.05. The Morgan fingerprint density at radius 1 is 0.857 bits per heavy atom. The minimum Gasteiger partial charge on any atom is -0.497 e. The van der Waals surface area contributed by atoms with Crippen molar-refractivity contribution >= 4 is 17.8 Å². The van der Waals surface area contributed by atoms with Crippen molar-refractivity contribution in [2.75, 3.05) is 14.2 Å². The van der Waals surface area contributed by atoms with Crippen LogP contribution in [-0.4, -0.2) is 43.2 Å². The fourth-order valence-corrected chi connectivity index (χ4v) is 3.50. The molecule has 8 nitrogen and oxygen atoms in total. The summed E-state index contributed by atoms with van der Waals surface area (Å²) < 4.78 is 10.5. The van der Waals surface area contributed by atoms with Gasteiger partial charge in [-0.15, -0.1) is 0 Å². The van der Waals surface area contributed by atoms with Crippen LogP contribution in [-0.2, 0) is 16.1 Å².